The molecule has 0 saturated heterocycles. The Morgan fingerprint density at radius 3 is 1.26 bits per heavy atom. The van der Waals surface area contributed by atoms with Crippen LogP contribution in [-0.4, -0.2) is 58.8 Å². The summed E-state index contributed by atoms with van der Waals surface area (Å²) in [5, 5.41) is 0. The van der Waals surface area contributed by atoms with Crippen LogP contribution < -0.4 is 0 Å². The zero-order valence-corrected chi connectivity index (χ0v) is 20.8. The zero-order valence-electron chi connectivity index (χ0n) is 17.9. The molecular weight excluding hydrogens is 589 g/mol. The Balaban J connectivity index is 2.57. The zero-order chi connectivity index (χ0) is 25.9. The maximum absolute atomic E-state index is 14.7. The molecule has 2 aromatic rings. The first-order chi connectivity index (χ1) is 15.6. The predicted molar refractivity (Wildman–Crippen MR) is 107 cm³/mol. The third-order valence-corrected chi connectivity index (χ3v) is 11.7. The summed E-state index contributed by atoms with van der Waals surface area (Å²) in [5.74, 6) is -12.6. The molecule has 189 valence electrons. The molecule has 12 heteroatoms. The van der Waals surface area contributed by atoms with E-state index in [0.29, 0.717) is 11.1 Å². The quantitative estimate of drug-likeness (QED) is 0.194. The van der Waals surface area contributed by atoms with E-state index in [1.807, 2.05) is 0 Å². The third kappa shape index (κ3) is 5.49. The van der Waals surface area contributed by atoms with Crippen LogP contribution in [0.3, 0.4) is 0 Å². The van der Waals surface area contributed by atoms with Gasteiger partial charge in [-0.3, -0.25) is 0 Å². The molecule has 2 aromatic carbocycles. The fraction of sp³-hybridized carbons (Fsp3) is 0.455. The molecular formula is C22H21F10OSn. The van der Waals surface area contributed by atoms with Gasteiger partial charge in [0.2, 0.25) is 0 Å². The molecule has 1 radical (unpaired) electrons. The molecule has 2 atom stereocenters. The van der Waals surface area contributed by atoms with Crippen molar-refractivity contribution in [2.75, 3.05) is 6.61 Å². The van der Waals surface area contributed by atoms with Crippen molar-refractivity contribution in [3.05, 3.63) is 71.8 Å². The van der Waals surface area contributed by atoms with Crippen LogP contribution in [0.4, 0.5) is 43.9 Å². The van der Waals surface area contributed by atoms with Crippen molar-refractivity contribution in [3.63, 3.8) is 0 Å². The van der Waals surface area contributed by atoms with E-state index in [9.17, 15) is 43.9 Å². The second kappa shape index (κ2) is 10.6. The first-order valence-electron chi connectivity index (χ1n) is 9.98. The number of halogens is 10. The summed E-state index contributed by atoms with van der Waals surface area (Å²) in [6, 6.07) is 15.1. The van der Waals surface area contributed by atoms with Gasteiger partial charge >= 0.3 is 197 Å². The Kier molecular flexibility index (Phi) is 8.98. The molecule has 0 bridgehead atoms. The molecule has 0 saturated carbocycles. The van der Waals surface area contributed by atoms with Crippen LogP contribution in [0.5, 0.6) is 0 Å². The van der Waals surface area contributed by atoms with Crippen LogP contribution in [0.25, 0.3) is 0 Å². The van der Waals surface area contributed by atoms with E-state index in [1.54, 1.807) is 12.1 Å². The van der Waals surface area contributed by atoms with Gasteiger partial charge in [-0.2, -0.15) is 0 Å². The van der Waals surface area contributed by atoms with Gasteiger partial charge in [0.15, 0.2) is 0 Å². The van der Waals surface area contributed by atoms with E-state index < -0.39 is 64.8 Å². The van der Waals surface area contributed by atoms with E-state index in [4.69, 9.17) is 0 Å². The van der Waals surface area contributed by atoms with E-state index >= 15 is 0 Å². The topological polar surface area (TPSA) is 9.23 Å². The van der Waals surface area contributed by atoms with Gasteiger partial charge in [0.25, 0.3) is 0 Å². The number of benzene rings is 2. The first kappa shape index (κ1) is 28.7. The van der Waals surface area contributed by atoms with Crippen molar-refractivity contribution in [2.45, 2.75) is 51.8 Å². The third-order valence-electron chi connectivity index (χ3n) is 5.20. The van der Waals surface area contributed by atoms with Gasteiger partial charge in [-0.25, -0.2) is 0 Å². The second-order valence-corrected chi connectivity index (χ2v) is 13.9. The Bertz CT molecular complexity index is 835. The number of rotatable bonds is 11. The van der Waals surface area contributed by atoms with Gasteiger partial charge in [-0.05, 0) is 0 Å². The molecule has 0 aliphatic heterocycles. The summed E-state index contributed by atoms with van der Waals surface area (Å²) in [7, 11) is 0. The predicted octanol–water partition coefficient (Wildman–Crippen LogP) is 7.16. The van der Waals surface area contributed by atoms with Crippen molar-refractivity contribution < 1.29 is 47.0 Å². The Labute approximate surface area is 197 Å². The van der Waals surface area contributed by atoms with Crippen LogP contribution >= 0.6 is 0 Å². The number of hydrogen-bond donors (Lipinski definition) is 0. The van der Waals surface area contributed by atoms with E-state index in [1.165, 1.54) is 48.5 Å². The molecule has 0 aliphatic rings. The molecule has 0 amide bonds. The normalized spacial score (nSPS) is 15.6. The molecule has 0 heterocycles. The first-order valence-corrected chi connectivity index (χ1v) is 14.0. The average Bonchev–Trinajstić information content (AvgIpc) is 2.77. The molecule has 2 rings (SSSR count). The summed E-state index contributed by atoms with van der Waals surface area (Å²) < 4.78 is 134. The van der Waals surface area contributed by atoms with Crippen LogP contribution in [0, 0.1) is 0 Å². The second-order valence-electron chi connectivity index (χ2n) is 7.64. The minimum absolute atomic E-state index is 0.0144. The van der Waals surface area contributed by atoms with Gasteiger partial charge in [0, 0.05) is 0 Å². The van der Waals surface area contributed by atoms with Crippen LogP contribution in [0.15, 0.2) is 60.7 Å². The van der Waals surface area contributed by atoms with Gasteiger partial charge in [0.05, 0.1) is 0 Å². The van der Waals surface area contributed by atoms with Crippen LogP contribution in [0.2, 0.25) is 0 Å². The molecule has 0 N–H and O–H groups in total. The Morgan fingerprint density at radius 1 is 0.647 bits per heavy atom. The van der Waals surface area contributed by atoms with Gasteiger partial charge in [-0.15, -0.1) is 0 Å². The Morgan fingerprint density at radius 2 is 0.971 bits per heavy atom. The van der Waals surface area contributed by atoms with Gasteiger partial charge in [0.1, 0.15) is 0 Å². The molecule has 34 heavy (non-hydrogen) atoms. The van der Waals surface area contributed by atoms with Crippen molar-refractivity contribution >= 4 is 20.2 Å². The fourth-order valence-corrected chi connectivity index (χ4v) is 9.08. The van der Waals surface area contributed by atoms with E-state index in [2.05, 4.69) is 3.07 Å². The molecule has 0 fully saturated rings. The van der Waals surface area contributed by atoms with E-state index in [0.717, 1.165) is 0 Å². The summed E-state index contributed by atoms with van der Waals surface area (Å²) >= 11 is -7.26. The minimum atomic E-state index is -7.26. The van der Waals surface area contributed by atoms with Crippen molar-refractivity contribution in [1.82, 2.24) is 0 Å². The van der Waals surface area contributed by atoms with Crippen LogP contribution in [0.1, 0.15) is 30.9 Å². The van der Waals surface area contributed by atoms with Crippen LogP contribution in [-0.2, 0) is 3.07 Å². The standard InChI is InChI=1S/C14H13O.2C4H4F5.Sn/c15-11-14(12-7-3-1-4-8-12)13-9-5-2-6-10-13;2*1-2(5)4(8,9)3(6)7;/h1-10,14H,11H2;2*2H,1H3;/q-1;;;+1. The van der Waals surface area contributed by atoms with Crippen molar-refractivity contribution in [1.29, 1.82) is 0 Å². The maximum atomic E-state index is 14.7. The summed E-state index contributed by atoms with van der Waals surface area (Å²) in [6.07, 6.45) is -7.32. The summed E-state index contributed by atoms with van der Waals surface area (Å²) in [6.45, 7) is -1.14. The van der Waals surface area contributed by atoms with E-state index in [-0.39, 0.29) is 13.8 Å². The average molecular weight is 610 g/mol. The molecule has 0 aromatic heterocycles. The Hall–Kier alpha value is -1.50. The molecule has 2 unspecified atom stereocenters. The summed E-state index contributed by atoms with van der Waals surface area (Å²) in [4.78, 5) is 0. The monoisotopic (exact) mass is 611 g/mol. The molecule has 0 aliphatic carbocycles. The van der Waals surface area contributed by atoms with Gasteiger partial charge < -0.3 is 0 Å². The molecule has 0 spiro atoms. The van der Waals surface area contributed by atoms with Gasteiger partial charge in [-0.1, -0.05) is 0 Å². The van der Waals surface area contributed by atoms with Crippen molar-refractivity contribution in [3.8, 4) is 0 Å². The summed E-state index contributed by atoms with van der Waals surface area (Å²) in [5.41, 5.74) is 0.665. The SMILES string of the molecule is CC(F)C(F)(F)[C](F)(F)[Sn]([O]CC(c1ccccc1)c1ccccc1)[C](F)(F)C(F)(F)C(C)F. The number of alkyl halides is 10. The van der Waals surface area contributed by atoms with Crippen molar-refractivity contribution in [2.24, 2.45) is 0 Å². The molecule has 1 nitrogen and oxygen atoms in total. The fourth-order valence-electron chi connectivity index (χ4n) is 3.10. The number of hydrogen-bond acceptors (Lipinski definition) is 1.